The molecule has 0 radical (unpaired) electrons. The average molecular weight is 1010 g/mol. The van der Waals surface area contributed by atoms with Crippen LogP contribution in [0, 0.1) is 0 Å². The van der Waals surface area contributed by atoms with Crippen molar-refractivity contribution in [2.75, 3.05) is 19.8 Å². The molecule has 1 aliphatic carbocycles. The molecule has 0 aromatic rings. The number of hydrogen-bond acceptors (Lipinski definition) is 11. The van der Waals surface area contributed by atoms with Gasteiger partial charge in [-0.05, 0) is 57.8 Å². The third kappa shape index (κ3) is 37.7. The van der Waals surface area contributed by atoms with Gasteiger partial charge in [-0.25, -0.2) is 4.57 Å². The fourth-order valence-electron chi connectivity index (χ4n) is 8.50. The number of rotatable bonds is 48. The normalized spacial score (nSPS) is 21.3. The molecular weight excluding hydrogens is 908 g/mol. The first-order chi connectivity index (χ1) is 34.0. The minimum atomic E-state index is -5.03. The summed E-state index contributed by atoms with van der Waals surface area (Å²) in [6.07, 6.45) is 48.6. The molecule has 70 heavy (non-hydrogen) atoms. The lowest BCUT2D eigenvalue weighted by Gasteiger charge is -2.41. The molecule has 13 heteroatoms. The second-order valence-electron chi connectivity index (χ2n) is 19.4. The SMILES string of the molecule is CC/C=C\C/C=C\C/C=C\C/C=C\C/C=C\CCCCCCOCC(COP(=O)(O)OC1C(O)C(O)C(O)C(O)C1O)OC(=O)CCCCCCCCCCCCCCCCCCCCCCCCC. The number of allylic oxidation sites excluding steroid dienone is 10. The molecule has 1 rings (SSSR count). The fraction of sp³-hybridized carbons (Fsp3) is 0.807. The third-order valence-electron chi connectivity index (χ3n) is 12.9. The topological polar surface area (TPSA) is 192 Å². The van der Waals surface area contributed by atoms with Gasteiger partial charge in [-0.3, -0.25) is 13.8 Å². The van der Waals surface area contributed by atoms with Crippen molar-refractivity contribution in [3.8, 4) is 0 Å². The summed E-state index contributed by atoms with van der Waals surface area (Å²) in [6.45, 7) is 4.13. The zero-order valence-corrected chi connectivity index (χ0v) is 45.0. The summed E-state index contributed by atoms with van der Waals surface area (Å²) in [4.78, 5) is 23.3. The van der Waals surface area contributed by atoms with E-state index in [1.807, 2.05) is 0 Å². The number of hydrogen-bond donors (Lipinski definition) is 6. The summed E-state index contributed by atoms with van der Waals surface area (Å²) in [6, 6.07) is 0. The van der Waals surface area contributed by atoms with Crippen LogP contribution in [0.4, 0.5) is 0 Å². The molecule has 0 amide bonds. The Balaban J connectivity index is 2.31. The Morgan fingerprint density at radius 1 is 0.471 bits per heavy atom. The molecule has 6 N–H and O–H groups in total. The smallest absolute Gasteiger partial charge is 0.457 e. The minimum absolute atomic E-state index is 0.0938. The van der Waals surface area contributed by atoms with Gasteiger partial charge in [-0.15, -0.1) is 0 Å². The van der Waals surface area contributed by atoms with Gasteiger partial charge in [0.1, 0.15) is 42.7 Å². The molecule has 0 spiro atoms. The lowest BCUT2D eigenvalue weighted by Crippen LogP contribution is -2.64. The maximum Gasteiger partial charge on any atom is 0.472 e. The summed E-state index contributed by atoms with van der Waals surface area (Å²) in [5.74, 6) is -0.484. The molecule has 0 aromatic heterocycles. The van der Waals surface area contributed by atoms with E-state index in [2.05, 4.69) is 74.6 Å². The number of phosphoric acid groups is 1. The van der Waals surface area contributed by atoms with Crippen molar-refractivity contribution < 1.29 is 58.3 Å². The predicted octanol–water partition coefficient (Wildman–Crippen LogP) is 13.3. The van der Waals surface area contributed by atoms with E-state index in [4.69, 9.17) is 18.5 Å². The van der Waals surface area contributed by atoms with E-state index in [0.29, 0.717) is 13.0 Å². The van der Waals surface area contributed by atoms with Crippen molar-refractivity contribution in [2.45, 2.75) is 275 Å². The predicted molar refractivity (Wildman–Crippen MR) is 285 cm³/mol. The van der Waals surface area contributed by atoms with Crippen LogP contribution in [0.25, 0.3) is 0 Å². The number of aliphatic hydroxyl groups excluding tert-OH is 5. The molecule has 1 aliphatic rings. The lowest BCUT2D eigenvalue weighted by atomic mass is 9.85. The zero-order chi connectivity index (χ0) is 51.2. The Kier molecular flexibility index (Phi) is 44.2. The van der Waals surface area contributed by atoms with Gasteiger partial charge >= 0.3 is 13.8 Å². The number of phosphoric ester groups is 1. The Labute approximate surface area is 426 Å². The molecule has 1 fully saturated rings. The van der Waals surface area contributed by atoms with Gasteiger partial charge in [0.05, 0.1) is 13.2 Å². The number of aliphatic hydroxyl groups is 5. The van der Waals surface area contributed by atoms with Gasteiger partial charge < -0.3 is 39.9 Å². The van der Waals surface area contributed by atoms with E-state index < -0.39 is 63.1 Å². The van der Waals surface area contributed by atoms with Gasteiger partial charge in [0.2, 0.25) is 0 Å². The van der Waals surface area contributed by atoms with Gasteiger partial charge in [0.15, 0.2) is 0 Å². The summed E-state index contributed by atoms with van der Waals surface area (Å²) < 4.78 is 34.4. The van der Waals surface area contributed by atoms with Crippen LogP contribution in [0.1, 0.15) is 232 Å². The molecule has 6 atom stereocenters. The van der Waals surface area contributed by atoms with Crippen LogP contribution in [-0.4, -0.2) is 98.9 Å². The summed E-state index contributed by atoms with van der Waals surface area (Å²) in [7, 11) is -5.03. The van der Waals surface area contributed by atoms with Crippen molar-refractivity contribution in [1.29, 1.82) is 0 Å². The second-order valence-corrected chi connectivity index (χ2v) is 20.8. The van der Waals surface area contributed by atoms with E-state index in [0.717, 1.165) is 83.5 Å². The Morgan fingerprint density at radius 3 is 1.29 bits per heavy atom. The van der Waals surface area contributed by atoms with E-state index in [9.17, 15) is 39.8 Å². The zero-order valence-electron chi connectivity index (χ0n) is 44.1. The van der Waals surface area contributed by atoms with Crippen molar-refractivity contribution in [2.24, 2.45) is 0 Å². The second kappa shape index (κ2) is 46.8. The average Bonchev–Trinajstić information content (AvgIpc) is 3.35. The van der Waals surface area contributed by atoms with Gasteiger partial charge in [-0.1, -0.05) is 229 Å². The van der Waals surface area contributed by atoms with Crippen LogP contribution in [0.5, 0.6) is 0 Å². The maximum atomic E-state index is 12.9. The van der Waals surface area contributed by atoms with E-state index >= 15 is 0 Å². The van der Waals surface area contributed by atoms with E-state index in [-0.39, 0.29) is 13.0 Å². The van der Waals surface area contributed by atoms with Crippen molar-refractivity contribution >= 4 is 13.8 Å². The quantitative estimate of drug-likeness (QED) is 0.0146. The highest BCUT2D eigenvalue weighted by Crippen LogP contribution is 2.47. The molecule has 0 aliphatic heterocycles. The Hall–Kier alpha value is -1.96. The number of ether oxygens (including phenoxy) is 2. The first-order valence-electron chi connectivity index (χ1n) is 28.1. The number of unbranched alkanes of at least 4 members (excludes halogenated alkanes) is 26. The van der Waals surface area contributed by atoms with Crippen LogP contribution in [0.15, 0.2) is 60.8 Å². The highest BCUT2D eigenvalue weighted by Gasteiger charge is 2.51. The van der Waals surface area contributed by atoms with Crippen LogP contribution in [0.3, 0.4) is 0 Å². The number of carbonyl (C=O) groups excluding carboxylic acids is 1. The summed E-state index contributed by atoms with van der Waals surface area (Å²) in [5.41, 5.74) is 0. The highest BCUT2D eigenvalue weighted by molar-refractivity contribution is 7.47. The van der Waals surface area contributed by atoms with Crippen LogP contribution in [-0.2, 0) is 27.9 Å². The van der Waals surface area contributed by atoms with Gasteiger partial charge in [0.25, 0.3) is 0 Å². The molecule has 0 saturated heterocycles. The van der Waals surface area contributed by atoms with Crippen LogP contribution in [0.2, 0.25) is 0 Å². The summed E-state index contributed by atoms with van der Waals surface area (Å²) >= 11 is 0. The minimum Gasteiger partial charge on any atom is -0.457 e. The molecule has 6 unspecified atom stereocenters. The Morgan fingerprint density at radius 2 is 0.843 bits per heavy atom. The van der Waals surface area contributed by atoms with E-state index in [1.54, 1.807) is 0 Å². The lowest BCUT2D eigenvalue weighted by molar-refractivity contribution is -0.220. The first-order valence-corrected chi connectivity index (χ1v) is 29.6. The molecular formula is C57H103O12P. The van der Waals surface area contributed by atoms with E-state index in [1.165, 1.54) is 122 Å². The third-order valence-corrected chi connectivity index (χ3v) is 13.9. The van der Waals surface area contributed by atoms with Crippen molar-refractivity contribution in [1.82, 2.24) is 0 Å². The van der Waals surface area contributed by atoms with Gasteiger partial charge in [0, 0.05) is 13.0 Å². The standard InChI is InChI=1S/C57H103O12P/c1-3-5-7-9-11-13-15-17-19-21-23-25-26-27-28-30-32-34-36-38-40-42-44-46-51(58)68-50(49-67-70(64,65)69-57-55(62)53(60)52(59)54(61)56(57)63)48-66-47-45-43-41-39-37-35-33-31-29-24-22-20-18-16-14-12-10-8-6-4-2/h6,8,12,14,18,20,24,29,33,35,50,52-57,59-63H,3-5,7,9-11,13,15-17,19,21-23,25-28,30-32,34,36-49H2,1-2H3,(H,64,65)/b8-6-,14-12-,20-18-,29-24-,35-33-. The summed E-state index contributed by atoms with van der Waals surface area (Å²) in [5, 5.41) is 50.4. The monoisotopic (exact) mass is 1010 g/mol. The molecule has 12 nitrogen and oxygen atoms in total. The van der Waals surface area contributed by atoms with Gasteiger partial charge in [-0.2, -0.15) is 0 Å². The first kappa shape index (κ1) is 66.1. The van der Waals surface area contributed by atoms with Crippen molar-refractivity contribution in [3.05, 3.63) is 60.8 Å². The molecule has 408 valence electrons. The van der Waals surface area contributed by atoms with Crippen LogP contribution >= 0.6 is 7.82 Å². The number of carbonyl (C=O) groups is 1. The van der Waals surface area contributed by atoms with Crippen LogP contribution < -0.4 is 0 Å². The van der Waals surface area contributed by atoms with Crippen molar-refractivity contribution in [3.63, 3.8) is 0 Å². The molecule has 1 saturated carbocycles. The molecule has 0 heterocycles. The maximum absolute atomic E-state index is 12.9. The molecule has 0 aromatic carbocycles. The number of esters is 1. The fourth-order valence-corrected chi connectivity index (χ4v) is 9.47. The largest absolute Gasteiger partial charge is 0.472 e. The Bertz CT molecular complexity index is 1380. The molecule has 0 bridgehead atoms. The highest BCUT2D eigenvalue weighted by atomic mass is 31.2.